The fraction of sp³-hybridized carbons (Fsp3) is 0.571. The van der Waals surface area contributed by atoms with Gasteiger partial charge in [0.25, 0.3) is 5.69 Å². The molecule has 1 aliphatic rings. The second kappa shape index (κ2) is 7.46. The van der Waals surface area contributed by atoms with Crippen LogP contribution in [-0.2, 0) is 20.6 Å². The number of nitro benzene ring substituents is 1. The van der Waals surface area contributed by atoms with Crippen LogP contribution < -0.4 is 0 Å². The Morgan fingerprint density at radius 1 is 1.48 bits per heavy atom. The van der Waals surface area contributed by atoms with E-state index in [2.05, 4.69) is 0 Å². The minimum atomic E-state index is -0.674. The quantitative estimate of drug-likeness (QED) is 0.600. The van der Waals surface area contributed by atoms with Crippen molar-refractivity contribution in [2.75, 3.05) is 26.4 Å². The van der Waals surface area contributed by atoms with Gasteiger partial charge in [-0.1, -0.05) is 6.07 Å². The Morgan fingerprint density at radius 3 is 2.81 bits per heavy atom. The van der Waals surface area contributed by atoms with E-state index in [0.717, 1.165) is 11.1 Å². The van der Waals surface area contributed by atoms with Gasteiger partial charge in [0.05, 0.1) is 37.5 Å². The van der Waals surface area contributed by atoms with Crippen LogP contribution in [0.1, 0.15) is 11.1 Å². The zero-order chi connectivity index (χ0) is 15.2. The van der Waals surface area contributed by atoms with Gasteiger partial charge < -0.3 is 19.3 Å². The molecule has 0 saturated carbocycles. The molecule has 1 atom stereocenters. The zero-order valence-electron chi connectivity index (χ0n) is 11.9. The minimum absolute atomic E-state index is 0.0533. The van der Waals surface area contributed by atoms with Crippen molar-refractivity contribution < 1.29 is 24.2 Å². The Labute approximate surface area is 122 Å². The highest BCUT2D eigenvalue weighted by Crippen LogP contribution is 2.18. The first kappa shape index (κ1) is 15.8. The van der Waals surface area contributed by atoms with Crippen LogP contribution >= 0.6 is 0 Å². The number of benzene rings is 1. The molecule has 0 spiro atoms. The van der Waals surface area contributed by atoms with E-state index in [-0.39, 0.29) is 25.2 Å². The summed E-state index contributed by atoms with van der Waals surface area (Å²) < 4.78 is 15.8. The summed E-state index contributed by atoms with van der Waals surface area (Å²) in [6.45, 7) is 3.38. The summed E-state index contributed by atoms with van der Waals surface area (Å²) >= 11 is 0. The highest BCUT2D eigenvalue weighted by Gasteiger charge is 2.17. The summed E-state index contributed by atoms with van der Waals surface area (Å²) in [6, 6.07) is 4.61. The van der Waals surface area contributed by atoms with Crippen LogP contribution in [0.15, 0.2) is 18.2 Å². The van der Waals surface area contributed by atoms with Crippen molar-refractivity contribution in [1.82, 2.24) is 0 Å². The number of hydrogen-bond donors (Lipinski definition) is 1. The van der Waals surface area contributed by atoms with Gasteiger partial charge in [0.15, 0.2) is 6.29 Å². The van der Waals surface area contributed by atoms with Gasteiger partial charge in [0.2, 0.25) is 0 Å². The average Bonchev–Trinajstić information content (AvgIpc) is 2.94. The third-order valence-corrected chi connectivity index (χ3v) is 3.25. The van der Waals surface area contributed by atoms with Crippen LogP contribution in [0.4, 0.5) is 5.69 Å². The van der Waals surface area contributed by atoms with E-state index in [1.165, 1.54) is 12.1 Å². The molecular formula is C14H19NO6. The van der Waals surface area contributed by atoms with E-state index in [0.29, 0.717) is 19.6 Å². The molecule has 0 bridgehead atoms. The van der Waals surface area contributed by atoms with Gasteiger partial charge in [-0.15, -0.1) is 0 Å². The molecule has 1 unspecified atom stereocenters. The molecule has 1 heterocycles. The normalized spacial score (nSPS) is 17.0. The molecule has 21 heavy (non-hydrogen) atoms. The molecule has 1 aromatic rings. The third kappa shape index (κ3) is 4.75. The van der Waals surface area contributed by atoms with E-state index in [1.54, 1.807) is 13.0 Å². The van der Waals surface area contributed by atoms with Crippen molar-refractivity contribution in [1.29, 1.82) is 0 Å². The molecule has 1 N–H and O–H groups in total. The fourth-order valence-electron chi connectivity index (χ4n) is 2.14. The van der Waals surface area contributed by atoms with Gasteiger partial charge in [0.1, 0.15) is 0 Å². The number of aliphatic hydroxyl groups excluding tert-OH is 1. The number of nitro groups is 1. The van der Waals surface area contributed by atoms with Crippen molar-refractivity contribution in [2.45, 2.75) is 25.7 Å². The second-order valence-electron chi connectivity index (χ2n) is 4.93. The molecule has 2 rings (SSSR count). The van der Waals surface area contributed by atoms with Crippen LogP contribution in [0.3, 0.4) is 0 Å². The summed E-state index contributed by atoms with van der Waals surface area (Å²) in [5.41, 5.74) is 1.70. The Bertz CT molecular complexity index is 486. The Morgan fingerprint density at radius 2 is 2.19 bits per heavy atom. The highest BCUT2D eigenvalue weighted by molar-refractivity contribution is 5.39. The van der Waals surface area contributed by atoms with Crippen molar-refractivity contribution in [3.8, 4) is 0 Å². The first-order chi connectivity index (χ1) is 10.1. The van der Waals surface area contributed by atoms with Gasteiger partial charge in [-0.25, -0.2) is 0 Å². The van der Waals surface area contributed by atoms with E-state index >= 15 is 0 Å². The molecule has 116 valence electrons. The summed E-state index contributed by atoms with van der Waals surface area (Å²) in [5, 5.41) is 20.6. The lowest BCUT2D eigenvalue weighted by molar-refractivity contribution is -0.384. The number of non-ortho nitro benzene ring substituents is 1. The first-order valence-corrected chi connectivity index (χ1v) is 6.79. The van der Waals surface area contributed by atoms with Crippen LogP contribution in [-0.4, -0.2) is 48.9 Å². The molecule has 0 amide bonds. The number of hydrogen-bond acceptors (Lipinski definition) is 6. The van der Waals surface area contributed by atoms with E-state index in [9.17, 15) is 15.2 Å². The summed E-state index contributed by atoms with van der Waals surface area (Å²) in [4.78, 5) is 10.2. The Hall–Kier alpha value is -1.54. The highest BCUT2D eigenvalue weighted by atomic mass is 16.7. The van der Waals surface area contributed by atoms with E-state index in [4.69, 9.17) is 14.2 Å². The number of nitrogens with zero attached hydrogens (tertiary/aromatic N) is 1. The minimum Gasteiger partial charge on any atom is -0.390 e. The van der Waals surface area contributed by atoms with Gasteiger partial charge in [0, 0.05) is 18.6 Å². The van der Waals surface area contributed by atoms with Crippen LogP contribution in [0.2, 0.25) is 0 Å². The predicted molar refractivity (Wildman–Crippen MR) is 74.1 cm³/mol. The molecule has 0 aromatic heterocycles. The lowest BCUT2D eigenvalue weighted by Crippen LogP contribution is -2.23. The fourth-order valence-corrected chi connectivity index (χ4v) is 2.14. The maximum Gasteiger partial charge on any atom is 0.269 e. The molecule has 7 heteroatoms. The second-order valence-corrected chi connectivity index (χ2v) is 4.93. The number of ether oxygens (including phenoxy) is 3. The molecule has 0 radical (unpaired) electrons. The standard InChI is InChI=1S/C14H19NO6/c1-10-6-12(15(17)18)3-2-11(10)7-13(16)8-19-9-14-20-4-5-21-14/h2-3,6,13-14,16H,4-5,7-9H2,1H3. The summed E-state index contributed by atoms with van der Waals surface area (Å²) in [7, 11) is 0. The van der Waals surface area contributed by atoms with Crippen LogP contribution in [0, 0.1) is 17.0 Å². The maximum atomic E-state index is 10.7. The van der Waals surface area contributed by atoms with Gasteiger partial charge >= 0.3 is 0 Å². The van der Waals surface area contributed by atoms with Crippen molar-refractivity contribution >= 4 is 5.69 Å². The van der Waals surface area contributed by atoms with Gasteiger partial charge in [-0.2, -0.15) is 0 Å². The molecule has 1 fully saturated rings. The Balaban J connectivity index is 1.78. The van der Waals surface area contributed by atoms with Gasteiger partial charge in [-0.05, 0) is 18.1 Å². The maximum absolute atomic E-state index is 10.7. The Kier molecular flexibility index (Phi) is 5.63. The van der Waals surface area contributed by atoms with Gasteiger partial charge in [-0.3, -0.25) is 10.1 Å². The number of aliphatic hydroxyl groups is 1. The van der Waals surface area contributed by atoms with E-state index < -0.39 is 11.0 Å². The number of aryl methyl sites for hydroxylation is 1. The molecule has 1 saturated heterocycles. The predicted octanol–water partition coefficient (Wildman–Crippen LogP) is 1.20. The molecule has 7 nitrogen and oxygen atoms in total. The first-order valence-electron chi connectivity index (χ1n) is 6.79. The van der Waals surface area contributed by atoms with Crippen LogP contribution in [0.25, 0.3) is 0 Å². The molecular weight excluding hydrogens is 278 g/mol. The molecule has 0 aliphatic carbocycles. The molecule has 1 aliphatic heterocycles. The van der Waals surface area contributed by atoms with Crippen molar-refractivity contribution in [2.24, 2.45) is 0 Å². The van der Waals surface area contributed by atoms with E-state index in [1.807, 2.05) is 0 Å². The zero-order valence-corrected chi connectivity index (χ0v) is 11.9. The van der Waals surface area contributed by atoms with Crippen molar-refractivity contribution in [3.05, 3.63) is 39.4 Å². The van der Waals surface area contributed by atoms with Crippen LogP contribution in [0.5, 0.6) is 0 Å². The number of rotatable bonds is 7. The largest absolute Gasteiger partial charge is 0.390 e. The molecule has 1 aromatic carbocycles. The lowest BCUT2D eigenvalue weighted by atomic mass is 10.0. The average molecular weight is 297 g/mol. The topological polar surface area (TPSA) is 91.1 Å². The smallest absolute Gasteiger partial charge is 0.269 e. The lowest BCUT2D eigenvalue weighted by Gasteiger charge is -2.14. The third-order valence-electron chi connectivity index (χ3n) is 3.25. The summed E-state index contributed by atoms with van der Waals surface area (Å²) in [5.74, 6) is 0. The SMILES string of the molecule is Cc1cc([N+](=O)[O-])ccc1CC(O)COCC1OCCO1. The summed E-state index contributed by atoms with van der Waals surface area (Å²) in [6.07, 6.45) is -0.638. The monoisotopic (exact) mass is 297 g/mol. The van der Waals surface area contributed by atoms with Crippen molar-refractivity contribution in [3.63, 3.8) is 0 Å².